The van der Waals surface area contributed by atoms with Crippen molar-refractivity contribution in [2.24, 2.45) is 0 Å². The molecule has 2 saturated heterocycles. The van der Waals surface area contributed by atoms with Crippen LogP contribution in [0, 0.1) is 0 Å². The van der Waals surface area contributed by atoms with Crippen LogP contribution >= 0.6 is 0 Å². The minimum absolute atomic E-state index is 0.172. The third kappa shape index (κ3) is 2.34. The fourth-order valence-corrected chi connectivity index (χ4v) is 3.67. The molecule has 22 heavy (non-hydrogen) atoms. The number of ether oxygens (including phenoxy) is 2. The summed E-state index contributed by atoms with van der Waals surface area (Å²) in [6.45, 7) is 1.39. The molecule has 2 heterocycles. The fourth-order valence-electron chi connectivity index (χ4n) is 3.67. The number of nitrogens with one attached hydrogen (secondary N) is 1. The topological polar surface area (TPSA) is 64.6 Å². The van der Waals surface area contributed by atoms with Crippen molar-refractivity contribution < 1.29 is 19.1 Å². The lowest BCUT2D eigenvalue weighted by molar-refractivity contribution is -0.215. The molecule has 0 bridgehead atoms. The quantitative estimate of drug-likeness (QED) is 0.846. The second kappa shape index (κ2) is 5.18. The summed E-state index contributed by atoms with van der Waals surface area (Å²) in [7, 11) is 0. The molecule has 1 unspecified atom stereocenters. The molecule has 0 aromatic heterocycles. The standard InChI is InChI=1S/C17H19NO4/c19-15-6-5-14(16(20)18-15)12-3-1-11(2-4-12)13-9-17(10-13)21-7-8-22-17/h1-4,13-14H,5-10H2,(H,18,19,20). The van der Waals surface area contributed by atoms with Gasteiger partial charge in [0.25, 0.3) is 0 Å². The first-order chi connectivity index (χ1) is 10.7. The van der Waals surface area contributed by atoms with Gasteiger partial charge in [0.2, 0.25) is 11.8 Å². The molecule has 0 radical (unpaired) electrons. The van der Waals surface area contributed by atoms with Gasteiger partial charge in [0, 0.05) is 19.3 Å². The zero-order valence-electron chi connectivity index (χ0n) is 12.3. The molecule has 2 aliphatic heterocycles. The van der Waals surface area contributed by atoms with Crippen molar-refractivity contribution in [3.8, 4) is 0 Å². The number of piperidine rings is 1. The summed E-state index contributed by atoms with van der Waals surface area (Å²) in [4.78, 5) is 23.1. The third-order valence-electron chi connectivity index (χ3n) is 4.98. The summed E-state index contributed by atoms with van der Waals surface area (Å²) < 4.78 is 11.3. The van der Waals surface area contributed by atoms with Crippen molar-refractivity contribution in [3.63, 3.8) is 0 Å². The monoisotopic (exact) mass is 301 g/mol. The molecule has 5 heteroatoms. The van der Waals surface area contributed by atoms with Gasteiger partial charge < -0.3 is 9.47 Å². The molecular weight excluding hydrogens is 282 g/mol. The number of hydrogen-bond donors (Lipinski definition) is 1. The Hall–Kier alpha value is -1.72. The van der Waals surface area contributed by atoms with Crippen molar-refractivity contribution in [2.45, 2.75) is 43.3 Å². The summed E-state index contributed by atoms with van der Waals surface area (Å²) in [6, 6.07) is 8.20. The lowest BCUT2D eigenvalue weighted by atomic mass is 9.74. The fraction of sp³-hybridized carbons (Fsp3) is 0.529. The van der Waals surface area contributed by atoms with Crippen LogP contribution in [0.1, 0.15) is 48.6 Å². The number of rotatable bonds is 2. The van der Waals surface area contributed by atoms with Crippen LogP contribution in [0.4, 0.5) is 0 Å². The number of carbonyl (C=O) groups is 2. The SMILES string of the molecule is O=C1CCC(c2ccc(C3CC4(C3)OCCO4)cc2)C(=O)N1. The first-order valence-corrected chi connectivity index (χ1v) is 7.87. The summed E-state index contributed by atoms with van der Waals surface area (Å²) in [5, 5.41) is 2.41. The molecule has 1 aromatic rings. The molecule has 1 aliphatic carbocycles. The molecular formula is C17H19NO4. The number of carbonyl (C=O) groups excluding carboxylic acids is 2. The first kappa shape index (κ1) is 13.9. The second-order valence-corrected chi connectivity index (χ2v) is 6.38. The van der Waals surface area contributed by atoms with Gasteiger partial charge in [-0.25, -0.2) is 0 Å². The first-order valence-electron chi connectivity index (χ1n) is 7.87. The Morgan fingerprint density at radius 2 is 1.64 bits per heavy atom. The van der Waals surface area contributed by atoms with Crippen LogP contribution in [0.5, 0.6) is 0 Å². The second-order valence-electron chi connectivity index (χ2n) is 6.38. The van der Waals surface area contributed by atoms with Gasteiger partial charge in [-0.05, 0) is 23.5 Å². The van der Waals surface area contributed by atoms with Crippen LogP contribution in [-0.2, 0) is 19.1 Å². The molecule has 1 atom stereocenters. The van der Waals surface area contributed by atoms with Crippen LogP contribution in [0.15, 0.2) is 24.3 Å². The van der Waals surface area contributed by atoms with Crippen LogP contribution < -0.4 is 5.32 Å². The summed E-state index contributed by atoms with van der Waals surface area (Å²) in [6.07, 6.45) is 2.83. The number of amides is 2. The van der Waals surface area contributed by atoms with E-state index in [1.165, 1.54) is 5.56 Å². The van der Waals surface area contributed by atoms with Crippen LogP contribution in [0.3, 0.4) is 0 Å². The van der Waals surface area contributed by atoms with Crippen molar-refractivity contribution in [3.05, 3.63) is 35.4 Å². The maximum atomic E-state index is 11.9. The molecule has 5 nitrogen and oxygen atoms in total. The van der Waals surface area contributed by atoms with Gasteiger partial charge in [0.05, 0.1) is 19.1 Å². The normalized spacial score (nSPS) is 27.7. The minimum Gasteiger partial charge on any atom is -0.347 e. The zero-order chi connectivity index (χ0) is 15.2. The summed E-state index contributed by atoms with van der Waals surface area (Å²) in [5.41, 5.74) is 2.25. The Morgan fingerprint density at radius 3 is 2.27 bits per heavy atom. The Labute approximate surface area is 129 Å². The molecule has 1 aromatic carbocycles. The minimum atomic E-state index is -0.326. The van der Waals surface area contributed by atoms with Gasteiger partial charge in [-0.15, -0.1) is 0 Å². The zero-order valence-corrected chi connectivity index (χ0v) is 12.3. The molecule has 3 fully saturated rings. The Kier molecular flexibility index (Phi) is 3.27. The average Bonchev–Trinajstić information content (AvgIpc) is 2.96. The highest BCUT2D eigenvalue weighted by molar-refractivity contribution is 6.00. The maximum absolute atomic E-state index is 11.9. The van der Waals surface area contributed by atoms with E-state index in [1.807, 2.05) is 12.1 Å². The van der Waals surface area contributed by atoms with E-state index >= 15 is 0 Å². The Bertz CT molecular complexity index is 596. The largest absolute Gasteiger partial charge is 0.347 e. The van der Waals surface area contributed by atoms with Crippen molar-refractivity contribution in [1.29, 1.82) is 0 Å². The van der Waals surface area contributed by atoms with Crippen LogP contribution in [-0.4, -0.2) is 30.8 Å². The third-order valence-corrected chi connectivity index (χ3v) is 4.98. The molecule has 2 amide bonds. The van der Waals surface area contributed by atoms with E-state index in [1.54, 1.807) is 0 Å². The highest BCUT2D eigenvalue weighted by atomic mass is 16.7. The van der Waals surface area contributed by atoms with E-state index in [9.17, 15) is 9.59 Å². The molecule has 116 valence electrons. The smallest absolute Gasteiger partial charge is 0.234 e. The molecule has 3 aliphatic rings. The summed E-state index contributed by atoms with van der Waals surface area (Å²) in [5.74, 6) is -0.420. The van der Waals surface area contributed by atoms with Gasteiger partial charge >= 0.3 is 0 Å². The van der Waals surface area contributed by atoms with Gasteiger partial charge in [-0.2, -0.15) is 0 Å². The number of benzene rings is 1. The molecule has 1 N–H and O–H groups in total. The highest BCUT2D eigenvalue weighted by Crippen LogP contribution is 2.49. The molecule has 1 spiro atoms. The molecule has 1 saturated carbocycles. The van der Waals surface area contributed by atoms with Gasteiger partial charge in [-0.3, -0.25) is 14.9 Å². The number of imide groups is 1. The predicted octanol–water partition coefficient (Wildman–Crippen LogP) is 1.83. The predicted molar refractivity (Wildman–Crippen MR) is 78.2 cm³/mol. The Balaban J connectivity index is 1.43. The van der Waals surface area contributed by atoms with E-state index in [0.29, 0.717) is 32.0 Å². The molecule has 4 rings (SSSR count). The van der Waals surface area contributed by atoms with Crippen molar-refractivity contribution in [2.75, 3.05) is 13.2 Å². The van der Waals surface area contributed by atoms with E-state index < -0.39 is 0 Å². The van der Waals surface area contributed by atoms with E-state index in [4.69, 9.17) is 9.47 Å². The summed E-state index contributed by atoms with van der Waals surface area (Å²) >= 11 is 0. The van der Waals surface area contributed by atoms with Gasteiger partial charge in [-0.1, -0.05) is 24.3 Å². The van der Waals surface area contributed by atoms with Crippen molar-refractivity contribution in [1.82, 2.24) is 5.32 Å². The number of hydrogen-bond acceptors (Lipinski definition) is 4. The van der Waals surface area contributed by atoms with E-state index in [-0.39, 0.29) is 23.5 Å². The van der Waals surface area contributed by atoms with Crippen LogP contribution in [0.2, 0.25) is 0 Å². The maximum Gasteiger partial charge on any atom is 0.234 e. The Morgan fingerprint density at radius 1 is 1.00 bits per heavy atom. The van der Waals surface area contributed by atoms with Crippen molar-refractivity contribution >= 4 is 11.8 Å². The van der Waals surface area contributed by atoms with Crippen LogP contribution in [0.25, 0.3) is 0 Å². The highest BCUT2D eigenvalue weighted by Gasteiger charge is 2.49. The van der Waals surface area contributed by atoms with E-state index in [2.05, 4.69) is 17.4 Å². The average molecular weight is 301 g/mol. The van der Waals surface area contributed by atoms with Gasteiger partial charge in [0.1, 0.15) is 0 Å². The van der Waals surface area contributed by atoms with E-state index in [0.717, 1.165) is 18.4 Å². The van der Waals surface area contributed by atoms with Gasteiger partial charge in [0.15, 0.2) is 5.79 Å². The lowest BCUT2D eigenvalue weighted by Crippen LogP contribution is -2.43. The lowest BCUT2D eigenvalue weighted by Gasteiger charge is -2.43.